The molecule has 63 valence electrons. The highest BCUT2D eigenvalue weighted by molar-refractivity contribution is 6.17. The average molecular weight is 170 g/mol. The Morgan fingerprint density at radius 1 is 1.67 bits per heavy atom. The molecule has 1 heterocycles. The molecule has 6 heteroatoms. The fraction of sp³-hybridized carbons (Fsp3) is 0.167. The van der Waals surface area contributed by atoms with Crippen molar-refractivity contribution in [2.24, 2.45) is 0 Å². The number of pyridine rings is 1. The van der Waals surface area contributed by atoms with Gasteiger partial charge in [0.15, 0.2) is 5.75 Å². The van der Waals surface area contributed by atoms with E-state index in [1.165, 1.54) is 7.11 Å². The van der Waals surface area contributed by atoms with Crippen LogP contribution in [0.2, 0.25) is 0 Å². The van der Waals surface area contributed by atoms with Gasteiger partial charge in [-0.15, -0.1) is 0 Å². The molecule has 0 saturated heterocycles. The van der Waals surface area contributed by atoms with E-state index in [0.29, 0.717) is 7.69 Å². The van der Waals surface area contributed by atoms with E-state index in [4.69, 9.17) is 9.76 Å². The standard InChI is InChI=1S/C6H6BFNO3/c1-11-6-5(12-7-10)2-4(8)3-9-6/h2-3,10H,1H3. The molecule has 1 aromatic heterocycles. The summed E-state index contributed by atoms with van der Waals surface area (Å²) < 4.78 is 21.7. The van der Waals surface area contributed by atoms with Crippen LogP contribution >= 0.6 is 0 Å². The second kappa shape index (κ2) is 3.92. The second-order valence-electron chi connectivity index (χ2n) is 1.88. The molecule has 0 saturated carbocycles. The maximum atomic E-state index is 12.5. The maximum absolute atomic E-state index is 12.5. The Labute approximate surface area is 69.3 Å². The molecule has 0 aromatic carbocycles. The quantitative estimate of drug-likeness (QED) is 0.655. The third kappa shape index (κ3) is 1.85. The van der Waals surface area contributed by atoms with Crippen LogP contribution < -0.4 is 9.39 Å². The Bertz CT molecular complexity index is 271. The van der Waals surface area contributed by atoms with Crippen molar-refractivity contribution >= 4 is 7.69 Å². The van der Waals surface area contributed by atoms with E-state index in [-0.39, 0.29) is 11.6 Å². The molecule has 1 N–H and O–H groups in total. The summed E-state index contributed by atoms with van der Waals surface area (Å²) in [5.41, 5.74) is 0. The number of hydrogen-bond donors (Lipinski definition) is 1. The van der Waals surface area contributed by atoms with Crippen molar-refractivity contribution in [3.63, 3.8) is 0 Å². The number of ether oxygens (including phenoxy) is 1. The molecule has 0 fully saturated rings. The van der Waals surface area contributed by atoms with Crippen LogP contribution in [-0.4, -0.2) is 24.8 Å². The summed E-state index contributed by atoms with van der Waals surface area (Å²) in [7, 11) is 1.80. The molecule has 0 aliphatic heterocycles. The van der Waals surface area contributed by atoms with E-state index < -0.39 is 5.82 Å². The van der Waals surface area contributed by atoms with E-state index in [0.717, 1.165) is 12.3 Å². The van der Waals surface area contributed by atoms with Crippen LogP contribution in [0.1, 0.15) is 0 Å². The maximum Gasteiger partial charge on any atom is 0.569 e. The molecule has 0 aliphatic carbocycles. The molecule has 1 radical (unpaired) electrons. The molecule has 0 spiro atoms. The van der Waals surface area contributed by atoms with Crippen LogP contribution in [0.5, 0.6) is 11.6 Å². The van der Waals surface area contributed by atoms with Crippen LogP contribution in [0.3, 0.4) is 0 Å². The van der Waals surface area contributed by atoms with Crippen molar-refractivity contribution in [1.82, 2.24) is 4.98 Å². The highest BCUT2D eigenvalue weighted by Crippen LogP contribution is 2.23. The molecule has 0 atom stereocenters. The van der Waals surface area contributed by atoms with E-state index in [9.17, 15) is 4.39 Å². The first-order chi connectivity index (χ1) is 5.77. The van der Waals surface area contributed by atoms with Crippen LogP contribution in [0.25, 0.3) is 0 Å². The first-order valence-electron chi connectivity index (χ1n) is 3.10. The molecule has 0 bridgehead atoms. The van der Waals surface area contributed by atoms with Gasteiger partial charge in [0.25, 0.3) is 5.88 Å². The normalized spacial score (nSPS) is 9.25. The molecule has 1 rings (SSSR count). The third-order valence-electron chi connectivity index (χ3n) is 1.16. The first-order valence-corrected chi connectivity index (χ1v) is 3.10. The highest BCUT2D eigenvalue weighted by atomic mass is 19.1. The van der Waals surface area contributed by atoms with E-state index in [1.807, 2.05) is 0 Å². The average Bonchev–Trinajstić information content (AvgIpc) is 2.05. The SMILES string of the molecule is COc1ncc(F)cc1O[B]O. The molecule has 4 nitrogen and oxygen atoms in total. The third-order valence-corrected chi connectivity index (χ3v) is 1.16. The van der Waals surface area contributed by atoms with Gasteiger partial charge in [-0.25, -0.2) is 9.37 Å². The van der Waals surface area contributed by atoms with Gasteiger partial charge in [0, 0.05) is 6.07 Å². The van der Waals surface area contributed by atoms with Crippen LogP contribution in [0, 0.1) is 5.82 Å². The lowest BCUT2D eigenvalue weighted by Gasteiger charge is -2.05. The summed E-state index contributed by atoms with van der Waals surface area (Å²) in [6.45, 7) is 0. The zero-order chi connectivity index (χ0) is 8.97. The molecular formula is C6H6BFNO3. The molecule has 1 aromatic rings. The molecular weight excluding hydrogens is 164 g/mol. The zero-order valence-corrected chi connectivity index (χ0v) is 6.32. The number of nitrogens with zero attached hydrogens (tertiary/aromatic N) is 1. The van der Waals surface area contributed by atoms with Crippen molar-refractivity contribution in [3.05, 3.63) is 18.1 Å². The monoisotopic (exact) mass is 170 g/mol. The van der Waals surface area contributed by atoms with Crippen molar-refractivity contribution in [1.29, 1.82) is 0 Å². The second-order valence-corrected chi connectivity index (χ2v) is 1.88. The van der Waals surface area contributed by atoms with Gasteiger partial charge >= 0.3 is 7.69 Å². The summed E-state index contributed by atoms with van der Waals surface area (Å²) in [5, 5.41) is 8.28. The van der Waals surface area contributed by atoms with Crippen molar-refractivity contribution < 1.29 is 18.8 Å². The number of halogens is 1. The van der Waals surface area contributed by atoms with Gasteiger partial charge in [-0.1, -0.05) is 0 Å². The molecule has 0 unspecified atom stereocenters. The largest absolute Gasteiger partial charge is 0.569 e. The predicted octanol–water partition coefficient (Wildman–Crippen LogP) is 0.135. The molecule has 12 heavy (non-hydrogen) atoms. The van der Waals surface area contributed by atoms with Crippen LogP contribution in [0.4, 0.5) is 4.39 Å². The smallest absolute Gasteiger partial charge is 0.534 e. The van der Waals surface area contributed by atoms with Gasteiger partial charge in [0.2, 0.25) is 0 Å². The first kappa shape index (κ1) is 8.80. The number of hydrogen-bond acceptors (Lipinski definition) is 4. The Hall–Kier alpha value is -1.30. The van der Waals surface area contributed by atoms with Gasteiger partial charge in [-0.3, -0.25) is 0 Å². The van der Waals surface area contributed by atoms with Gasteiger partial charge in [-0.05, 0) is 0 Å². The lowest BCUT2D eigenvalue weighted by atomic mass is 10.3. The van der Waals surface area contributed by atoms with Gasteiger partial charge < -0.3 is 14.4 Å². The zero-order valence-electron chi connectivity index (χ0n) is 6.32. The molecule has 0 aliphatic rings. The minimum atomic E-state index is -0.562. The van der Waals surface area contributed by atoms with Crippen LogP contribution in [0.15, 0.2) is 12.3 Å². The van der Waals surface area contributed by atoms with E-state index in [2.05, 4.69) is 9.64 Å². The van der Waals surface area contributed by atoms with E-state index >= 15 is 0 Å². The van der Waals surface area contributed by atoms with Gasteiger partial charge in [0.1, 0.15) is 5.82 Å². The Balaban J connectivity index is 2.95. The minimum absolute atomic E-state index is 0.0278. The fourth-order valence-electron chi connectivity index (χ4n) is 0.703. The lowest BCUT2D eigenvalue weighted by molar-refractivity contribution is 0.364. The minimum Gasteiger partial charge on any atom is -0.534 e. The Morgan fingerprint density at radius 2 is 2.42 bits per heavy atom. The summed E-state index contributed by atoms with van der Waals surface area (Å²) in [4.78, 5) is 3.56. The summed E-state index contributed by atoms with van der Waals surface area (Å²) >= 11 is 0. The number of aromatic nitrogens is 1. The lowest BCUT2D eigenvalue weighted by Crippen LogP contribution is -2.03. The Kier molecular flexibility index (Phi) is 2.87. The summed E-state index contributed by atoms with van der Waals surface area (Å²) in [6.07, 6.45) is 0.989. The predicted molar refractivity (Wildman–Crippen MR) is 39.3 cm³/mol. The van der Waals surface area contributed by atoms with Gasteiger partial charge in [-0.2, -0.15) is 0 Å². The fourth-order valence-corrected chi connectivity index (χ4v) is 0.703. The summed E-state index contributed by atoms with van der Waals surface area (Å²) in [5.74, 6) is -0.422. The Morgan fingerprint density at radius 3 is 3.00 bits per heavy atom. The van der Waals surface area contributed by atoms with Gasteiger partial charge in [0.05, 0.1) is 13.3 Å². The summed E-state index contributed by atoms with van der Waals surface area (Å²) in [6, 6.07) is 1.05. The topological polar surface area (TPSA) is 51.6 Å². The van der Waals surface area contributed by atoms with Crippen LogP contribution in [-0.2, 0) is 0 Å². The highest BCUT2D eigenvalue weighted by Gasteiger charge is 2.06. The number of methoxy groups -OCH3 is 1. The van der Waals surface area contributed by atoms with Crippen molar-refractivity contribution in [2.75, 3.05) is 7.11 Å². The van der Waals surface area contributed by atoms with Crippen molar-refractivity contribution in [3.8, 4) is 11.6 Å². The number of rotatable bonds is 3. The molecule has 0 amide bonds. The van der Waals surface area contributed by atoms with E-state index in [1.54, 1.807) is 0 Å². The van der Waals surface area contributed by atoms with Crippen molar-refractivity contribution in [2.45, 2.75) is 0 Å².